The Bertz CT molecular complexity index is 590. The van der Waals surface area contributed by atoms with E-state index >= 15 is 0 Å². The third-order valence-electron chi connectivity index (χ3n) is 3.05. The fourth-order valence-corrected chi connectivity index (χ4v) is 1.87. The van der Waals surface area contributed by atoms with Crippen LogP contribution < -0.4 is 5.32 Å². The summed E-state index contributed by atoms with van der Waals surface area (Å²) in [6.45, 7) is 1.78. The minimum absolute atomic E-state index is 0.271. The molecular formula is C13H14N4O2. The van der Waals surface area contributed by atoms with E-state index in [-0.39, 0.29) is 11.7 Å². The number of aryl methyl sites for hydroxylation is 1. The highest BCUT2D eigenvalue weighted by Crippen LogP contribution is 2.32. The van der Waals surface area contributed by atoms with E-state index in [1.54, 1.807) is 13.0 Å². The molecule has 6 heteroatoms. The smallest absolute Gasteiger partial charge is 0.293 e. The normalized spacial score (nSPS) is 14.4. The highest BCUT2D eigenvalue weighted by Gasteiger charge is 2.25. The molecule has 1 N–H and O–H groups in total. The molecular weight excluding hydrogens is 244 g/mol. The van der Waals surface area contributed by atoms with E-state index in [9.17, 15) is 4.79 Å². The van der Waals surface area contributed by atoms with Gasteiger partial charge in [0, 0.05) is 6.42 Å². The predicted octanol–water partition coefficient (Wildman–Crippen LogP) is 1.98. The van der Waals surface area contributed by atoms with Crippen molar-refractivity contribution in [1.82, 2.24) is 15.2 Å². The second kappa shape index (κ2) is 4.79. The lowest BCUT2D eigenvalue weighted by Gasteiger charge is -2.01. The molecule has 2 aromatic rings. The predicted molar refractivity (Wildman–Crippen MR) is 67.7 cm³/mol. The molecule has 1 saturated carbocycles. The number of nitrogens with one attached hydrogen (secondary N) is 1. The van der Waals surface area contributed by atoms with E-state index in [4.69, 9.17) is 4.42 Å². The van der Waals surface area contributed by atoms with E-state index in [1.807, 2.05) is 0 Å². The maximum Gasteiger partial charge on any atom is 0.293 e. The molecule has 1 aliphatic rings. The molecule has 0 atom stereocenters. The molecule has 0 saturated heterocycles. The third-order valence-corrected chi connectivity index (χ3v) is 3.05. The fraction of sp³-hybridized carbons (Fsp3) is 0.385. The molecule has 19 heavy (non-hydrogen) atoms. The lowest BCUT2D eigenvalue weighted by Crippen LogP contribution is -2.12. The van der Waals surface area contributed by atoms with Gasteiger partial charge in [-0.05, 0) is 31.7 Å². The molecule has 0 bridgehead atoms. The minimum Gasteiger partial charge on any atom is -0.435 e. The van der Waals surface area contributed by atoms with Crippen LogP contribution in [0.2, 0.25) is 0 Å². The summed E-state index contributed by atoms with van der Waals surface area (Å²) in [5, 5.41) is 10.1. The van der Waals surface area contributed by atoms with Crippen LogP contribution in [0.25, 0.3) is 0 Å². The molecule has 98 valence electrons. The number of carbonyl (C=O) groups excluding carboxylic acids is 1. The lowest BCUT2D eigenvalue weighted by atomic mass is 10.3. The van der Waals surface area contributed by atoms with Crippen molar-refractivity contribution in [3.63, 3.8) is 0 Å². The SMILES string of the molecule is Cc1nc(CC2CC2)oc1C(=O)Nc1ccnnc1. The summed E-state index contributed by atoms with van der Waals surface area (Å²) in [6.07, 6.45) is 6.28. The summed E-state index contributed by atoms with van der Waals surface area (Å²) in [4.78, 5) is 16.4. The first kappa shape index (κ1) is 11.8. The quantitative estimate of drug-likeness (QED) is 0.906. The Balaban J connectivity index is 1.73. The molecule has 2 aromatic heterocycles. The second-order valence-electron chi connectivity index (χ2n) is 4.75. The van der Waals surface area contributed by atoms with Crippen molar-refractivity contribution < 1.29 is 9.21 Å². The molecule has 6 nitrogen and oxygen atoms in total. The van der Waals surface area contributed by atoms with Gasteiger partial charge < -0.3 is 9.73 Å². The number of hydrogen-bond acceptors (Lipinski definition) is 5. The first-order valence-corrected chi connectivity index (χ1v) is 6.26. The lowest BCUT2D eigenvalue weighted by molar-refractivity contribution is 0.0994. The molecule has 0 aromatic carbocycles. The number of rotatable bonds is 4. The summed E-state index contributed by atoms with van der Waals surface area (Å²) >= 11 is 0. The number of nitrogens with zero attached hydrogens (tertiary/aromatic N) is 3. The molecule has 1 fully saturated rings. The van der Waals surface area contributed by atoms with Crippen LogP contribution in [0.15, 0.2) is 22.9 Å². The van der Waals surface area contributed by atoms with Crippen molar-refractivity contribution in [1.29, 1.82) is 0 Å². The Kier molecular flexibility index (Phi) is 2.98. The summed E-state index contributed by atoms with van der Waals surface area (Å²) in [5.41, 5.74) is 1.20. The first-order chi connectivity index (χ1) is 9.22. The Morgan fingerprint density at radius 1 is 1.47 bits per heavy atom. The summed E-state index contributed by atoms with van der Waals surface area (Å²) in [6, 6.07) is 1.67. The van der Waals surface area contributed by atoms with E-state index in [0.717, 1.165) is 6.42 Å². The third kappa shape index (κ3) is 2.78. The Morgan fingerprint density at radius 3 is 3.00 bits per heavy atom. The van der Waals surface area contributed by atoms with Gasteiger partial charge in [-0.1, -0.05) is 0 Å². The van der Waals surface area contributed by atoms with Gasteiger partial charge in [-0.2, -0.15) is 10.2 Å². The molecule has 0 unspecified atom stereocenters. The highest BCUT2D eigenvalue weighted by molar-refractivity contribution is 6.02. The van der Waals surface area contributed by atoms with Gasteiger partial charge >= 0.3 is 0 Å². The van der Waals surface area contributed by atoms with Gasteiger partial charge in [0.05, 0.1) is 23.8 Å². The van der Waals surface area contributed by atoms with Gasteiger partial charge in [0.25, 0.3) is 5.91 Å². The van der Waals surface area contributed by atoms with Crippen LogP contribution in [0, 0.1) is 12.8 Å². The molecule has 0 radical (unpaired) electrons. The van der Waals surface area contributed by atoms with Gasteiger partial charge in [-0.25, -0.2) is 4.98 Å². The Morgan fingerprint density at radius 2 is 2.32 bits per heavy atom. The average molecular weight is 258 g/mol. The number of amides is 1. The molecule has 2 heterocycles. The van der Waals surface area contributed by atoms with E-state index in [1.165, 1.54) is 25.2 Å². The number of hydrogen-bond donors (Lipinski definition) is 1. The van der Waals surface area contributed by atoms with Crippen LogP contribution in [0.5, 0.6) is 0 Å². The van der Waals surface area contributed by atoms with E-state index in [2.05, 4.69) is 20.5 Å². The first-order valence-electron chi connectivity index (χ1n) is 6.26. The van der Waals surface area contributed by atoms with Crippen LogP contribution in [0.4, 0.5) is 5.69 Å². The van der Waals surface area contributed by atoms with Crippen molar-refractivity contribution in [2.24, 2.45) is 5.92 Å². The topological polar surface area (TPSA) is 80.9 Å². The van der Waals surface area contributed by atoms with Crippen LogP contribution >= 0.6 is 0 Å². The van der Waals surface area contributed by atoms with Gasteiger partial charge in [0.15, 0.2) is 5.89 Å². The Hall–Kier alpha value is -2.24. The standard InChI is InChI=1S/C13H14N4O2/c1-8-12(19-11(16-8)6-9-2-3-9)13(18)17-10-4-5-14-15-7-10/h4-5,7,9H,2-3,6H2,1H3,(H,14,17,18). The second-order valence-corrected chi connectivity index (χ2v) is 4.75. The summed E-state index contributed by atoms with van der Waals surface area (Å²) < 4.78 is 5.54. The fourth-order valence-electron chi connectivity index (χ4n) is 1.87. The molecule has 0 spiro atoms. The Labute approximate surface area is 110 Å². The zero-order chi connectivity index (χ0) is 13.2. The maximum atomic E-state index is 12.1. The van der Waals surface area contributed by atoms with Crippen molar-refractivity contribution in [2.75, 3.05) is 5.32 Å². The number of carbonyl (C=O) groups is 1. The molecule has 0 aliphatic heterocycles. The molecule has 1 aliphatic carbocycles. The van der Waals surface area contributed by atoms with Gasteiger partial charge in [-0.15, -0.1) is 0 Å². The largest absolute Gasteiger partial charge is 0.435 e. The number of oxazole rings is 1. The van der Waals surface area contributed by atoms with Crippen molar-refractivity contribution in [3.8, 4) is 0 Å². The van der Waals surface area contributed by atoms with E-state index in [0.29, 0.717) is 23.2 Å². The summed E-state index contributed by atoms with van der Waals surface area (Å²) in [5.74, 6) is 1.30. The van der Waals surface area contributed by atoms with Crippen molar-refractivity contribution >= 4 is 11.6 Å². The average Bonchev–Trinajstić information content (AvgIpc) is 3.13. The maximum absolute atomic E-state index is 12.1. The van der Waals surface area contributed by atoms with Gasteiger partial charge in [0.2, 0.25) is 5.76 Å². The number of aromatic nitrogens is 3. The van der Waals surface area contributed by atoms with Crippen LogP contribution in [-0.4, -0.2) is 21.1 Å². The zero-order valence-electron chi connectivity index (χ0n) is 10.6. The van der Waals surface area contributed by atoms with Gasteiger partial charge in [0.1, 0.15) is 0 Å². The zero-order valence-corrected chi connectivity index (χ0v) is 10.6. The molecule has 1 amide bonds. The van der Waals surface area contributed by atoms with Crippen LogP contribution in [0.1, 0.15) is 35.0 Å². The molecule has 3 rings (SSSR count). The van der Waals surface area contributed by atoms with Crippen molar-refractivity contribution in [2.45, 2.75) is 26.2 Å². The summed E-state index contributed by atoms with van der Waals surface area (Å²) in [7, 11) is 0. The van der Waals surface area contributed by atoms with Gasteiger partial charge in [-0.3, -0.25) is 4.79 Å². The number of anilines is 1. The van der Waals surface area contributed by atoms with Crippen LogP contribution in [0.3, 0.4) is 0 Å². The van der Waals surface area contributed by atoms with Crippen LogP contribution in [-0.2, 0) is 6.42 Å². The minimum atomic E-state index is -0.306. The highest BCUT2D eigenvalue weighted by atomic mass is 16.4. The van der Waals surface area contributed by atoms with E-state index < -0.39 is 0 Å². The monoisotopic (exact) mass is 258 g/mol. The van der Waals surface area contributed by atoms with Crippen molar-refractivity contribution in [3.05, 3.63) is 35.8 Å².